The fourth-order valence-corrected chi connectivity index (χ4v) is 3.09. The van der Waals surface area contributed by atoms with Crippen molar-refractivity contribution in [2.75, 3.05) is 7.11 Å². The normalized spacial score (nSPS) is 14.1. The van der Waals surface area contributed by atoms with Crippen molar-refractivity contribution in [3.05, 3.63) is 71.3 Å². The van der Waals surface area contributed by atoms with Crippen LogP contribution in [0.1, 0.15) is 50.8 Å². The standard InChI is InChI=1S/C27H27F3O3/c1-6-23(15-11-10-12-20-16-18-21(19-17-20)25(2,3)4)33-24(31)26(32-5,27(28,29)30)22-13-8-7-9-14-22/h7-9,13-14,16-19,23H,6H2,1-5H3/t23-,26+/m0/s1. The first kappa shape index (κ1) is 26.0. The third-order valence-corrected chi connectivity index (χ3v) is 5.05. The predicted octanol–water partition coefficient (Wildman–Crippen LogP) is 5.77. The van der Waals surface area contributed by atoms with E-state index >= 15 is 0 Å². The van der Waals surface area contributed by atoms with Crippen LogP contribution in [0.2, 0.25) is 0 Å². The van der Waals surface area contributed by atoms with Gasteiger partial charge < -0.3 is 9.47 Å². The summed E-state index contributed by atoms with van der Waals surface area (Å²) in [6.07, 6.45) is -5.92. The molecule has 0 aromatic heterocycles. The SMILES string of the molecule is CC[C@@H](C#CC#Cc1ccc(C(C)(C)C)cc1)OC(=O)[C@](OC)(c1ccccc1)C(F)(F)F. The molecule has 33 heavy (non-hydrogen) atoms. The minimum Gasteiger partial charge on any atom is -0.446 e. The fraction of sp³-hybridized carbons (Fsp3) is 0.370. The van der Waals surface area contributed by atoms with Gasteiger partial charge in [-0.1, -0.05) is 76.1 Å². The van der Waals surface area contributed by atoms with Gasteiger partial charge in [0.2, 0.25) is 0 Å². The van der Waals surface area contributed by atoms with Crippen LogP contribution in [-0.2, 0) is 25.3 Å². The van der Waals surface area contributed by atoms with Crippen molar-refractivity contribution in [1.82, 2.24) is 0 Å². The second kappa shape index (κ2) is 10.6. The number of benzene rings is 2. The van der Waals surface area contributed by atoms with E-state index in [9.17, 15) is 18.0 Å². The van der Waals surface area contributed by atoms with Gasteiger partial charge in [-0.25, -0.2) is 4.79 Å². The molecule has 6 heteroatoms. The number of halogens is 3. The molecule has 0 N–H and O–H groups in total. The molecule has 0 amide bonds. The summed E-state index contributed by atoms with van der Waals surface area (Å²) in [4.78, 5) is 12.7. The lowest BCUT2D eigenvalue weighted by molar-refractivity contribution is -0.277. The molecule has 0 heterocycles. The van der Waals surface area contributed by atoms with Gasteiger partial charge in [-0.2, -0.15) is 13.2 Å². The summed E-state index contributed by atoms with van der Waals surface area (Å²) >= 11 is 0. The van der Waals surface area contributed by atoms with Crippen molar-refractivity contribution in [3.63, 3.8) is 0 Å². The maximum atomic E-state index is 14.0. The van der Waals surface area contributed by atoms with Gasteiger partial charge in [0.1, 0.15) is 0 Å². The Kier molecular flexibility index (Phi) is 8.36. The van der Waals surface area contributed by atoms with Crippen molar-refractivity contribution in [3.8, 4) is 23.7 Å². The third-order valence-electron chi connectivity index (χ3n) is 5.05. The number of carbonyl (C=O) groups excluding carboxylic acids is 1. The molecular weight excluding hydrogens is 429 g/mol. The Bertz CT molecular complexity index is 1060. The number of alkyl halides is 3. The summed E-state index contributed by atoms with van der Waals surface area (Å²) < 4.78 is 51.8. The van der Waals surface area contributed by atoms with Crippen LogP contribution in [0.3, 0.4) is 0 Å². The highest BCUT2D eigenvalue weighted by Crippen LogP contribution is 2.43. The van der Waals surface area contributed by atoms with Crippen molar-refractivity contribution in [1.29, 1.82) is 0 Å². The molecule has 2 rings (SSSR count). The molecule has 0 spiro atoms. The lowest BCUT2D eigenvalue weighted by atomic mass is 9.87. The van der Waals surface area contributed by atoms with Crippen LogP contribution in [-0.4, -0.2) is 25.4 Å². The summed E-state index contributed by atoms with van der Waals surface area (Å²) in [6, 6.07) is 14.4. The number of rotatable bonds is 5. The summed E-state index contributed by atoms with van der Waals surface area (Å²) in [6.45, 7) is 7.98. The third kappa shape index (κ3) is 6.18. The van der Waals surface area contributed by atoms with Crippen LogP contribution in [0.4, 0.5) is 13.2 Å². The molecule has 0 aliphatic rings. The van der Waals surface area contributed by atoms with Crippen LogP contribution in [0.25, 0.3) is 0 Å². The molecule has 0 bridgehead atoms. The van der Waals surface area contributed by atoms with Crippen LogP contribution < -0.4 is 0 Å². The van der Waals surface area contributed by atoms with Crippen molar-refractivity contribution in [2.24, 2.45) is 0 Å². The molecule has 0 saturated heterocycles. The summed E-state index contributed by atoms with van der Waals surface area (Å²) in [5, 5.41) is 0. The molecule has 3 nitrogen and oxygen atoms in total. The Morgan fingerprint density at radius 2 is 1.55 bits per heavy atom. The topological polar surface area (TPSA) is 35.5 Å². The van der Waals surface area contributed by atoms with Gasteiger partial charge in [-0.15, -0.1) is 0 Å². The van der Waals surface area contributed by atoms with Gasteiger partial charge in [-0.05, 0) is 47.3 Å². The van der Waals surface area contributed by atoms with Crippen LogP contribution in [0.15, 0.2) is 54.6 Å². The van der Waals surface area contributed by atoms with Gasteiger partial charge in [0, 0.05) is 18.2 Å². The molecule has 0 radical (unpaired) electrons. The predicted molar refractivity (Wildman–Crippen MR) is 121 cm³/mol. The quantitative estimate of drug-likeness (QED) is 0.424. The van der Waals surface area contributed by atoms with E-state index in [0.717, 1.165) is 12.7 Å². The number of methoxy groups -OCH3 is 1. The highest BCUT2D eigenvalue weighted by atomic mass is 19.4. The Morgan fingerprint density at radius 3 is 2.03 bits per heavy atom. The highest BCUT2D eigenvalue weighted by molar-refractivity contribution is 5.83. The Labute approximate surface area is 193 Å². The number of carbonyl (C=O) groups is 1. The average Bonchev–Trinajstić information content (AvgIpc) is 2.76. The monoisotopic (exact) mass is 456 g/mol. The molecule has 0 unspecified atom stereocenters. The highest BCUT2D eigenvalue weighted by Gasteiger charge is 2.64. The minimum atomic E-state index is -5.04. The second-order valence-corrected chi connectivity index (χ2v) is 8.40. The van der Waals surface area contributed by atoms with Crippen molar-refractivity contribution in [2.45, 2.75) is 57.4 Å². The van der Waals surface area contributed by atoms with Gasteiger partial charge in [0.05, 0.1) is 0 Å². The zero-order valence-electron chi connectivity index (χ0n) is 19.3. The lowest BCUT2D eigenvalue weighted by Gasteiger charge is -2.33. The molecule has 0 aliphatic carbocycles. The molecule has 0 saturated carbocycles. The second-order valence-electron chi connectivity index (χ2n) is 8.40. The Hall–Kier alpha value is -3.22. The van der Waals surface area contributed by atoms with Gasteiger partial charge in [0.25, 0.3) is 5.60 Å². The number of esters is 1. The van der Waals surface area contributed by atoms with E-state index in [2.05, 4.69) is 44.5 Å². The van der Waals surface area contributed by atoms with Gasteiger partial charge in [0.15, 0.2) is 6.10 Å². The van der Waals surface area contributed by atoms with E-state index in [1.165, 1.54) is 29.8 Å². The van der Waals surface area contributed by atoms with E-state index in [-0.39, 0.29) is 17.4 Å². The van der Waals surface area contributed by atoms with Gasteiger partial charge in [-0.3, -0.25) is 0 Å². The van der Waals surface area contributed by atoms with E-state index in [1.807, 2.05) is 24.3 Å². The fourth-order valence-electron chi connectivity index (χ4n) is 3.09. The van der Waals surface area contributed by atoms with Crippen LogP contribution in [0, 0.1) is 23.7 Å². The van der Waals surface area contributed by atoms with Crippen molar-refractivity contribution >= 4 is 5.97 Å². The van der Waals surface area contributed by atoms with Gasteiger partial charge >= 0.3 is 12.1 Å². The lowest BCUT2D eigenvalue weighted by Crippen LogP contribution is -2.52. The number of hydrogen-bond donors (Lipinski definition) is 0. The zero-order valence-corrected chi connectivity index (χ0v) is 19.3. The number of ether oxygens (including phenoxy) is 2. The first-order valence-electron chi connectivity index (χ1n) is 10.5. The Morgan fingerprint density at radius 1 is 0.939 bits per heavy atom. The maximum Gasteiger partial charge on any atom is 0.432 e. The van der Waals surface area contributed by atoms with E-state index < -0.39 is 23.9 Å². The molecule has 0 fully saturated rings. The van der Waals surface area contributed by atoms with Crippen molar-refractivity contribution < 1.29 is 27.4 Å². The first-order chi connectivity index (χ1) is 15.5. The maximum absolute atomic E-state index is 14.0. The minimum absolute atomic E-state index is 0.0254. The van der Waals surface area contributed by atoms with E-state index in [0.29, 0.717) is 0 Å². The molecule has 2 aromatic carbocycles. The molecule has 0 aliphatic heterocycles. The molecule has 174 valence electrons. The summed E-state index contributed by atoms with van der Waals surface area (Å²) in [5.74, 6) is 9.15. The van der Waals surface area contributed by atoms with Crippen LogP contribution in [0.5, 0.6) is 0 Å². The van der Waals surface area contributed by atoms with E-state index in [4.69, 9.17) is 9.47 Å². The summed E-state index contributed by atoms with van der Waals surface area (Å²) in [5.41, 5.74) is -1.67. The molecule has 2 aromatic rings. The summed E-state index contributed by atoms with van der Waals surface area (Å²) in [7, 11) is 0.824. The zero-order chi connectivity index (χ0) is 24.7. The largest absolute Gasteiger partial charge is 0.446 e. The smallest absolute Gasteiger partial charge is 0.432 e. The average molecular weight is 457 g/mol. The number of hydrogen-bond acceptors (Lipinski definition) is 3. The van der Waals surface area contributed by atoms with E-state index in [1.54, 1.807) is 13.0 Å². The Balaban J connectivity index is 2.22. The van der Waals surface area contributed by atoms with Crippen LogP contribution >= 0.6 is 0 Å². The molecule has 2 atom stereocenters. The molecular formula is C27H27F3O3. The first-order valence-corrected chi connectivity index (χ1v) is 10.5.